The highest BCUT2D eigenvalue weighted by Gasteiger charge is 2.37. The van der Waals surface area contributed by atoms with Crippen LogP contribution in [0.4, 0.5) is 0 Å². The van der Waals surface area contributed by atoms with Crippen LogP contribution in [0.5, 0.6) is 0 Å². The first-order valence-corrected chi connectivity index (χ1v) is 13.0. The Morgan fingerprint density at radius 1 is 0.917 bits per heavy atom. The summed E-state index contributed by atoms with van der Waals surface area (Å²) in [7, 11) is 0. The monoisotopic (exact) mass is 487 g/mol. The van der Waals surface area contributed by atoms with Gasteiger partial charge in [-0.1, -0.05) is 30.3 Å². The van der Waals surface area contributed by atoms with E-state index in [0.29, 0.717) is 37.7 Å². The summed E-state index contributed by atoms with van der Waals surface area (Å²) in [5, 5.41) is 5.64. The third kappa shape index (κ3) is 4.29. The van der Waals surface area contributed by atoms with Crippen molar-refractivity contribution in [1.29, 1.82) is 0 Å². The number of carbonyl (C=O) groups excluding carboxylic acids is 2. The highest BCUT2D eigenvalue weighted by Crippen LogP contribution is 2.41. The lowest BCUT2D eigenvalue weighted by Crippen LogP contribution is -2.54. The lowest BCUT2D eigenvalue weighted by Gasteiger charge is -2.39. The van der Waals surface area contributed by atoms with E-state index in [4.69, 9.17) is 10.1 Å². The number of piperazine rings is 1. The molecular weight excluding hydrogens is 450 g/mol. The number of fused-ring (bicyclic) bond motifs is 1. The molecule has 0 atom stereocenters. The summed E-state index contributed by atoms with van der Waals surface area (Å²) in [5.41, 5.74) is 3.48. The molecule has 1 aliphatic heterocycles. The number of rotatable bonds is 4. The number of benzene rings is 1. The van der Waals surface area contributed by atoms with Gasteiger partial charge in [0.2, 0.25) is 5.91 Å². The highest BCUT2D eigenvalue weighted by molar-refractivity contribution is 6.06. The average Bonchev–Trinajstić information content (AvgIpc) is 3.66. The van der Waals surface area contributed by atoms with Gasteiger partial charge in [-0.2, -0.15) is 5.10 Å². The van der Waals surface area contributed by atoms with Gasteiger partial charge >= 0.3 is 0 Å². The third-order valence-corrected chi connectivity index (χ3v) is 7.58. The van der Waals surface area contributed by atoms with E-state index in [9.17, 15) is 9.59 Å². The zero-order chi connectivity index (χ0) is 25.8. The van der Waals surface area contributed by atoms with Crippen LogP contribution in [0.2, 0.25) is 0 Å². The zero-order valence-corrected chi connectivity index (χ0v) is 22.3. The van der Waals surface area contributed by atoms with E-state index in [2.05, 4.69) is 20.8 Å². The molecule has 0 unspecified atom stereocenters. The summed E-state index contributed by atoms with van der Waals surface area (Å²) >= 11 is 0. The van der Waals surface area contributed by atoms with Crippen LogP contribution in [-0.4, -0.2) is 62.6 Å². The van der Waals surface area contributed by atoms with Crippen LogP contribution in [-0.2, 0) is 15.7 Å². The molecule has 0 N–H and O–H groups in total. The van der Waals surface area contributed by atoms with Crippen molar-refractivity contribution in [2.45, 2.75) is 71.3 Å². The summed E-state index contributed by atoms with van der Waals surface area (Å²) in [6.45, 7) is 14.3. The second-order valence-corrected chi connectivity index (χ2v) is 11.8. The number of pyridine rings is 1. The molecule has 7 heteroatoms. The number of amides is 2. The van der Waals surface area contributed by atoms with E-state index in [1.54, 1.807) is 0 Å². The van der Waals surface area contributed by atoms with Gasteiger partial charge in [-0.3, -0.25) is 9.59 Å². The van der Waals surface area contributed by atoms with Gasteiger partial charge in [-0.15, -0.1) is 0 Å². The molecule has 36 heavy (non-hydrogen) atoms. The normalized spacial score (nSPS) is 17.1. The SMILES string of the molecule is Cc1nn(C(C)(C)C)c2nc(C3CC3)cc(C(=O)N3CCN(C(=O)C(C)(C)c4ccccc4)CC3)c12. The summed E-state index contributed by atoms with van der Waals surface area (Å²) < 4.78 is 1.96. The molecule has 3 heterocycles. The molecule has 0 spiro atoms. The number of hydrogen-bond acceptors (Lipinski definition) is 4. The van der Waals surface area contributed by atoms with Gasteiger partial charge in [-0.25, -0.2) is 9.67 Å². The minimum absolute atomic E-state index is 0.00952. The molecular formula is C29H37N5O2. The van der Waals surface area contributed by atoms with Gasteiger partial charge in [0.25, 0.3) is 5.91 Å². The third-order valence-electron chi connectivity index (χ3n) is 7.58. The Kier molecular flexibility index (Phi) is 5.92. The maximum absolute atomic E-state index is 13.9. The molecule has 2 aromatic heterocycles. The molecule has 1 saturated heterocycles. The van der Waals surface area contributed by atoms with Crippen molar-refractivity contribution in [3.05, 3.63) is 58.9 Å². The van der Waals surface area contributed by atoms with Crippen LogP contribution in [0.3, 0.4) is 0 Å². The molecule has 1 aromatic carbocycles. The maximum atomic E-state index is 13.9. The molecule has 2 aliphatic rings. The Labute approximate surface area is 213 Å². The smallest absolute Gasteiger partial charge is 0.254 e. The van der Waals surface area contributed by atoms with Crippen molar-refractivity contribution >= 4 is 22.8 Å². The standard InChI is InChI=1S/C29H37N5O2/c1-19-24-22(18-23(20-12-13-20)30-25(24)34(31-19)28(2,3)4)26(35)32-14-16-33(17-15-32)27(36)29(5,6)21-10-8-7-9-11-21/h7-11,18,20H,12-17H2,1-6H3. The Balaban J connectivity index is 1.40. The predicted molar refractivity (Wildman–Crippen MR) is 141 cm³/mol. The topological polar surface area (TPSA) is 71.3 Å². The Hall–Kier alpha value is -3.22. The van der Waals surface area contributed by atoms with Gasteiger partial charge in [0, 0.05) is 37.8 Å². The van der Waals surface area contributed by atoms with Crippen molar-refractivity contribution in [1.82, 2.24) is 24.6 Å². The van der Waals surface area contributed by atoms with E-state index in [0.717, 1.165) is 40.8 Å². The maximum Gasteiger partial charge on any atom is 0.254 e. The fraction of sp³-hybridized carbons (Fsp3) is 0.517. The van der Waals surface area contributed by atoms with Gasteiger partial charge in [-0.05, 0) is 66.0 Å². The number of nitrogens with zero attached hydrogens (tertiary/aromatic N) is 5. The van der Waals surface area contributed by atoms with Gasteiger partial charge in [0.15, 0.2) is 5.65 Å². The number of carbonyl (C=O) groups is 2. The Morgan fingerprint density at radius 3 is 2.11 bits per heavy atom. The molecule has 2 amide bonds. The van der Waals surface area contributed by atoms with Crippen LogP contribution in [0.15, 0.2) is 36.4 Å². The molecule has 190 valence electrons. The van der Waals surface area contributed by atoms with E-state index in [-0.39, 0.29) is 17.4 Å². The van der Waals surface area contributed by atoms with E-state index >= 15 is 0 Å². The summed E-state index contributed by atoms with van der Waals surface area (Å²) in [5.74, 6) is 0.542. The molecule has 0 radical (unpaired) electrons. The van der Waals surface area contributed by atoms with Crippen molar-refractivity contribution in [2.24, 2.45) is 0 Å². The quantitative estimate of drug-likeness (QED) is 0.538. The van der Waals surface area contributed by atoms with E-state index < -0.39 is 5.41 Å². The molecule has 0 bridgehead atoms. The molecule has 1 aliphatic carbocycles. The summed E-state index contributed by atoms with van der Waals surface area (Å²) in [4.78, 5) is 36.1. The van der Waals surface area contributed by atoms with Crippen LogP contribution in [0.25, 0.3) is 11.0 Å². The van der Waals surface area contributed by atoms with Crippen molar-refractivity contribution in [2.75, 3.05) is 26.2 Å². The lowest BCUT2D eigenvalue weighted by atomic mass is 9.83. The van der Waals surface area contributed by atoms with Crippen LogP contribution < -0.4 is 0 Å². The fourth-order valence-electron chi connectivity index (χ4n) is 5.19. The predicted octanol–water partition coefficient (Wildman–Crippen LogP) is 4.63. The highest BCUT2D eigenvalue weighted by atomic mass is 16.2. The zero-order valence-electron chi connectivity index (χ0n) is 22.3. The van der Waals surface area contributed by atoms with Gasteiger partial charge in [0.1, 0.15) is 0 Å². The Morgan fingerprint density at radius 2 is 1.53 bits per heavy atom. The molecule has 7 nitrogen and oxygen atoms in total. The first-order chi connectivity index (χ1) is 17.0. The molecule has 5 rings (SSSR count). The van der Waals surface area contributed by atoms with Gasteiger partial charge in [0.05, 0.1) is 27.6 Å². The van der Waals surface area contributed by atoms with Crippen LogP contribution >= 0.6 is 0 Å². The lowest BCUT2D eigenvalue weighted by molar-refractivity contribution is -0.137. The van der Waals surface area contributed by atoms with Crippen LogP contribution in [0, 0.1) is 6.92 Å². The minimum atomic E-state index is -0.609. The second kappa shape index (κ2) is 8.71. The molecule has 1 saturated carbocycles. The minimum Gasteiger partial charge on any atom is -0.338 e. The van der Waals surface area contributed by atoms with Crippen molar-refractivity contribution in [3.63, 3.8) is 0 Å². The molecule has 3 aromatic rings. The first kappa shape index (κ1) is 24.5. The summed E-state index contributed by atoms with van der Waals surface area (Å²) in [6, 6.07) is 11.9. The van der Waals surface area contributed by atoms with E-state index in [1.165, 1.54) is 0 Å². The van der Waals surface area contributed by atoms with Crippen molar-refractivity contribution in [3.8, 4) is 0 Å². The number of aryl methyl sites for hydroxylation is 1. The average molecular weight is 488 g/mol. The number of hydrogen-bond donors (Lipinski definition) is 0. The first-order valence-electron chi connectivity index (χ1n) is 13.0. The number of aromatic nitrogens is 3. The van der Waals surface area contributed by atoms with Crippen LogP contribution in [0.1, 0.15) is 80.7 Å². The molecule has 2 fully saturated rings. The summed E-state index contributed by atoms with van der Waals surface area (Å²) in [6.07, 6.45) is 2.24. The largest absolute Gasteiger partial charge is 0.338 e. The van der Waals surface area contributed by atoms with Gasteiger partial charge < -0.3 is 9.80 Å². The fourth-order valence-corrected chi connectivity index (χ4v) is 5.19. The van der Waals surface area contributed by atoms with Crippen molar-refractivity contribution < 1.29 is 9.59 Å². The van der Waals surface area contributed by atoms with E-state index in [1.807, 2.05) is 71.7 Å². The second-order valence-electron chi connectivity index (χ2n) is 11.8. The Bertz CT molecular complexity index is 1310.